The van der Waals surface area contributed by atoms with Crippen LogP contribution in [0.2, 0.25) is 5.02 Å². The zero-order valence-electron chi connectivity index (χ0n) is 19.6. The molecule has 4 aromatic rings. The van der Waals surface area contributed by atoms with Gasteiger partial charge in [-0.1, -0.05) is 23.7 Å². The third-order valence-electron chi connectivity index (χ3n) is 6.29. The molecule has 1 aliphatic rings. The fraction of sp³-hybridized carbons (Fsp3) is 0.320. The van der Waals surface area contributed by atoms with Crippen molar-refractivity contribution in [2.45, 2.75) is 32.9 Å². The quantitative estimate of drug-likeness (QED) is 0.378. The molecule has 3 aromatic heterocycles. The van der Waals surface area contributed by atoms with Crippen LogP contribution in [0.15, 0.2) is 48.9 Å². The standard InChI is InChI=1S/C25H26ClN5O3S/c1-17-12-20(23-8-9-28-30(23)2)19-6-5-7-24(25(19)29-17)34-16-21-18(13-27-14-22(21)26)15-31-10-3-4-11-35(31,32)33/h5-9,12-14H,3-4,10-11,15-16H2,1-2H3. The number of benzene rings is 1. The lowest BCUT2D eigenvalue weighted by Gasteiger charge is -2.27. The van der Waals surface area contributed by atoms with E-state index in [9.17, 15) is 8.42 Å². The average molecular weight is 512 g/mol. The highest BCUT2D eigenvalue weighted by molar-refractivity contribution is 7.89. The van der Waals surface area contributed by atoms with Gasteiger partial charge in [-0.25, -0.2) is 13.4 Å². The van der Waals surface area contributed by atoms with E-state index in [0.717, 1.165) is 45.4 Å². The first-order chi connectivity index (χ1) is 16.8. The number of hydrogen-bond acceptors (Lipinski definition) is 6. The number of fused-ring (bicyclic) bond motifs is 1. The van der Waals surface area contributed by atoms with Gasteiger partial charge in [-0.15, -0.1) is 0 Å². The van der Waals surface area contributed by atoms with E-state index in [4.69, 9.17) is 21.3 Å². The smallest absolute Gasteiger partial charge is 0.214 e. The van der Waals surface area contributed by atoms with E-state index in [1.165, 1.54) is 4.31 Å². The number of ether oxygens (including phenoxy) is 1. The van der Waals surface area contributed by atoms with Crippen LogP contribution in [0.5, 0.6) is 5.75 Å². The molecule has 1 aromatic carbocycles. The predicted molar refractivity (Wildman–Crippen MR) is 136 cm³/mol. The van der Waals surface area contributed by atoms with Crippen molar-refractivity contribution in [3.05, 3.63) is 70.8 Å². The highest BCUT2D eigenvalue weighted by Gasteiger charge is 2.27. The van der Waals surface area contributed by atoms with E-state index in [-0.39, 0.29) is 18.9 Å². The summed E-state index contributed by atoms with van der Waals surface area (Å²) in [7, 11) is -1.37. The van der Waals surface area contributed by atoms with Crippen molar-refractivity contribution in [1.82, 2.24) is 24.1 Å². The summed E-state index contributed by atoms with van der Waals surface area (Å²) in [4.78, 5) is 8.95. The van der Waals surface area contributed by atoms with E-state index < -0.39 is 10.0 Å². The van der Waals surface area contributed by atoms with Gasteiger partial charge in [0.25, 0.3) is 0 Å². The zero-order chi connectivity index (χ0) is 24.6. The summed E-state index contributed by atoms with van der Waals surface area (Å²) in [5.74, 6) is 0.798. The molecular formula is C25H26ClN5O3S. The van der Waals surface area contributed by atoms with Gasteiger partial charge in [0.15, 0.2) is 0 Å². The SMILES string of the molecule is Cc1cc(-c2ccnn2C)c2cccc(OCc3c(Cl)cncc3CN3CCCCS3(=O)=O)c2n1. The van der Waals surface area contributed by atoms with E-state index in [0.29, 0.717) is 23.7 Å². The Bertz CT molecular complexity index is 1500. The van der Waals surface area contributed by atoms with Crippen LogP contribution in [0.25, 0.3) is 22.2 Å². The van der Waals surface area contributed by atoms with Gasteiger partial charge in [0.05, 0.1) is 16.5 Å². The molecule has 5 rings (SSSR count). The molecule has 1 aliphatic heterocycles. The van der Waals surface area contributed by atoms with Crippen LogP contribution in [-0.2, 0) is 30.2 Å². The number of rotatable bonds is 6. The zero-order valence-corrected chi connectivity index (χ0v) is 21.2. The highest BCUT2D eigenvalue weighted by atomic mass is 35.5. The van der Waals surface area contributed by atoms with Crippen molar-refractivity contribution in [3.63, 3.8) is 0 Å². The molecule has 1 saturated heterocycles. The molecule has 0 unspecified atom stereocenters. The van der Waals surface area contributed by atoms with Crippen LogP contribution in [0, 0.1) is 6.92 Å². The summed E-state index contributed by atoms with van der Waals surface area (Å²) in [6.45, 7) is 2.85. The van der Waals surface area contributed by atoms with Crippen LogP contribution in [0.4, 0.5) is 0 Å². The number of nitrogens with zero attached hydrogens (tertiary/aromatic N) is 5. The number of para-hydroxylation sites is 1. The first kappa shape index (κ1) is 23.7. The summed E-state index contributed by atoms with van der Waals surface area (Å²) in [6, 6.07) is 9.85. The van der Waals surface area contributed by atoms with Crippen LogP contribution < -0.4 is 4.74 Å². The van der Waals surface area contributed by atoms with Crippen molar-refractivity contribution in [2.75, 3.05) is 12.3 Å². The molecule has 0 bridgehead atoms. The van der Waals surface area contributed by atoms with Gasteiger partial charge in [0, 0.05) is 60.9 Å². The number of sulfonamides is 1. The maximum absolute atomic E-state index is 12.5. The van der Waals surface area contributed by atoms with Gasteiger partial charge in [-0.05, 0) is 43.5 Å². The molecule has 0 saturated carbocycles. The Morgan fingerprint density at radius 2 is 2.03 bits per heavy atom. The van der Waals surface area contributed by atoms with Crippen molar-refractivity contribution < 1.29 is 13.2 Å². The lowest BCUT2D eigenvalue weighted by molar-refractivity contribution is 0.305. The molecule has 0 N–H and O–H groups in total. The Hall–Kier alpha value is -3.01. The third-order valence-corrected chi connectivity index (χ3v) is 8.52. The number of aromatic nitrogens is 4. The number of pyridine rings is 2. The van der Waals surface area contributed by atoms with Crippen molar-refractivity contribution in [2.24, 2.45) is 7.05 Å². The number of aryl methyl sites for hydroxylation is 2. The molecule has 8 nitrogen and oxygen atoms in total. The first-order valence-corrected chi connectivity index (χ1v) is 13.4. The van der Waals surface area contributed by atoms with Gasteiger partial charge in [-0.3, -0.25) is 9.67 Å². The molecule has 182 valence electrons. The maximum Gasteiger partial charge on any atom is 0.214 e. The minimum Gasteiger partial charge on any atom is -0.487 e. The minimum absolute atomic E-state index is 0.167. The minimum atomic E-state index is -3.28. The molecule has 0 radical (unpaired) electrons. The Balaban J connectivity index is 1.48. The van der Waals surface area contributed by atoms with Crippen molar-refractivity contribution in [3.8, 4) is 17.0 Å². The molecule has 0 atom stereocenters. The fourth-order valence-corrected chi connectivity index (χ4v) is 6.28. The normalized spacial score (nSPS) is 16.0. The number of halogens is 1. The van der Waals surface area contributed by atoms with Gasteiger partial charge in [0.1, 0.15) is 17.9 Å². The van der Waals surface area contributed by atoms with E-state index in [1.54, 1.807) is 18.6 Å². The molecule has 4 heterocycles. The van der Waals surface area contributed by atoms with Gasteiger partial charge in [-0.2, -0.15) is 9.40 Å². The molecule has 0 aliphatic carbocycles. The van der Waals surface area contributed by atoms with E-state index in [1.807, 2.05) is 49.0 Å². The fourth-order valence-electron chi connectivity index (χ4n) is 4.47. The summed E-state index contributed by atoms with van der Waals surface area (Å²) in [6.07, 6.45) is 6.53. The topological polar surface area (TPSA) is 90.2 Å². The first-order valence-electron chi connectivity index (χ1n) is 11.4. The van der Waals surface area contributed by atoms with Crippen LogP contribution in [-0.4, -0.2) is 44.8 Å². The van der Waals surface area contributed by atoms with Gasteiger partial charge >= 0.3 is 0 Å². The summed E-state index contributed by atoms with van der Waals surface area (Å²) in [5, 5.41) is 5.70. The molecule has 0 amide bonds. The van der Waals surface area contributed by atoms with E-state index >= 15 is 0 Å². The highest BCUT2D eigenvalue weighted by Crippen LogP contribution is 2.34. The molecule has 10 heteroatoms. The third kappa shape index (κ3) is 4.76. The summed E-state index contributed by atoms with van der Waals surface area (Å²) >= 11 is 6.50. The van der Waals surface area contributed by atoms with Crippen molar-refractivity contribution >= 4 is 32.5 Å². The molecule has 1 fully saturated rings. The molecule has 35 heavy (non-hydrogen) atoms. The average Bonchev–Trinajstić information content (AvgIpc) is 3.25. The van der Waals surface area contributed by atoms with Crippen molar-refractivity contribution in [1.29, 1.82) is 0 Å². The van der Waals surface area contributed by atoms with E-state index in [2.05, 4.69) is 10.1 Å². The lowest BCUT2D eigenvalue weighted by atomic mass is 10.0. The predicted octanol–water partition coefficient (Wildman–Crippen LogP) is 4.50. The summed E-state index contributed by atoms with van der Waals surface area (Å²) in [5.41, 5.74) is 5.08. The monoisotopic (exact) mass is 511 g/mol. The Morgan fingerprint density at radius 3 is 2.80 bits per heavy atom. The molecule has 0 spiro atoms. The Kier molecular flexibility index (Phi) is 6.48. The second kappa shape index (κ2) is 9.56. The van der Waals surface area contributed by atoms with Gasteiger partial charge in [0.2, 0.25) is 10.0 Å². The number of hydrogen-bond donors (Lipinski definition) is 0. The Labute approximate surface area is 209 Å². The second-order valence-electron chi connectivity index (χ2n) is 8.71. The lowest BCUT2D eigenvalue weighted by Crippen LogP contribution is -2.37. The van der Waals surface area contributed by atoms with Crippen LogP contribution in [0.3, 0.4) is 0 Å². The largest absolute Gasteiger partial charge is 0.487 e. The van der Waals surface area contributed by atoms with Gasteiger partial charge < -0.3 is 4.74 Å². The summed E-state index contributed by atoms with van der Waals surface area (Å²) < 4.78 is 34.6. The Morgan fingerprint density at radius 1 is 1.17 bits per heavy atom. The molecular weight excluding hydrogens is 486 g/mol. The second-order valence-corrected chi connectivity index (χ2v) is 11.2. The van der Waals surface area contributed by atoms with Crippen LogP contribution in [0.1, 0.15) is 29.7 Å². The van der Waals surface area contributed by atoms with Crippen LogP contribution >= 0.6 is 11.6 Å². The maximum atomic E-state index is 12.5.